The highest BCUT2D eigenvalue weighted by atomic mass is 16.5. The maximum absolute atomic E-state index is 5.81. The molecule has 3 aromatic rings. The summed E-state index contributed by atoms with van der Waals surface area (Å²) in [5.74, 6) is 2.23. The number of nitrogens with one attached hydrogen (secondary N) is 1. The summed E-state index contributed by atoms with van der Waals surface area (Å²) in [6.07, 6.45) is 3.50. The number of hydrogen-bond acceptors (Lipinski definition) is 3. The van der Waals surface area contributed by atoms with Gasteiger partial charge in [0.25, 0.3) is 0 Å². The Morgan fingerprint density at radius 2 is 2.20 bits per heavy atom. The number of aromatic nitrogens is 4. The molecule has 0 amide bonds. The zero-order valence-corrected chi connectivity index (χ0v) is 11.7. The van der Waals surface area contributed by atoms with Crippen molar-refractivity contribution in [2.75, 3.05) is 0 Å². The van der Waals surface area contributed by atoms with E-state index in [-0.39, 0.29) is 0 Å². The Kier molecular flexibility index (Phi) is 3.41. The molecule has 0 atom stereocenters. The third kappa shape index (κ3) is 2.66. The van der Waals surface area contributed by atoms with Gasteiger partial charge in [0, 0.05) is 23.6 Å². The van der Waals surface area contributed by atoms with E-state index in [1.54, 1.807) is 6.33 Å². The van der Waals surface area contributed by atoms with Gasteiger partial charge in [-0.05, 0) is 30.2 Å². The van der Waals surface area contributed by atoms with Crippen molar-refractivity contribution in [2.45, 2.75) is 27.0 Å². The molecular formula is C15H18N4O. The lowest BCUT2D eigenvalue weighted by Crippen LogP contribution is -2.12. The van der Waals surface area contributed by atoms with E-state index in [2.05, 4.69) is 28.9 Å². The van der Waals surface area contributed by atoms with E-state index >= 15 is 0 Å². The minimum atomic E-state index is 0.433. The van der Waals surface area contributed by atoms with Crippen LogP contribution in [0.2, 0.25) is 0 Å². The standard InChI is InChI=1S/C15H18N4O/c1-11(2)8-19-15(17-10-18-19)9-20-13-3-4-14-12(7-13)5-6-16-14/h3-7,10-11,16H,8-9H2,1-2H3. The molecule has 104 valence electrons. The topological polar surface area (TPSA) is 55.7 Å². The molecular weight excluding hydrogens is 252 g/mol. The van der Waals surface area contributed by atoms with E-state index in [1.165, 1.54) is 0 Å². The maximum atomic E-state index is 5.81. The van der Waals surface area contributed by atoms with Crippen molar-refractivity contribution >= 4 is 10.9 Å². The fourth-order valence-electron chi connectivity index (χ4n) is 2.17. The largest absolute Gasteiger partial charge is 0.486 e. The summed E-state index contributed by atoms with van der Waals surface area (Å²) in [5, 5.41) is 5.38. The highest BCUT2D eigenvalue weighted by molar-refractivity contribution is 5.80. The van der Waals surface area contributed by atoms with Crippen molar-refractivity contribution in [1.82, 2.24) is 19.7 Å². The molecule has 0 aliphatic heterocycles. The number of rotatable bonds is 5. The molecule has 0 aliphatic rings. The Balaban J connectivity index is 1.71. The summed E-state index contributed by atoms with van der Waals surface area (Å²) >= 11 is 0. The Hall–Kier alpha value is -2.30. The van der Waals surface area contributed by atoms with Gasteiger partial charge in [-0.3, -0.25) is 0 Å². The summed E-state index contributed by atoms with van der Waals surface area (Å²) < 4.78 is 7.72. The monoisotopic (exact) mass is 270 g/mol. The average molecular weight is 270 g/mol. The van der Waals surface area contributed by atoms with Gasteiger partial charge in [0.2, 0.25) is 0 Å². The Morgan fingerprint density at radius 1 is 1.30 bits per heavy atom. The molecule has 0 aliphatic carbocycles. The third-order valence-corrected chi connectivity index (χ3v) is 3.13. The highest BCUT2D eigenvalue weighted by Crippen LogP contribution is 2.20. The smallest absolute Gasteiger partial charge is 0.164 e. The lowest BCUT2D eigenvalue weighted by molar-refractivity contribution is 0.283. The molecule has 0 saturated carbocycles. The summed E-state index contributed by atoms with van der Waals surface area (Å²) in [5.41, 5.74) is 1.11. The van der Waals surface area contributed by atoms with E-state index < -0.39 is 0 Å². The van der Waals surface area contributed by atoms with Crippen LogP contribution < -0.4 is 4.74 Å². The molecule has 0 saturated heterocycles. The summed E-state index contributed by atoms with van der Waals surface area (Å²) in [6, 6.07) is 8.03. The SMILES string of the molecule is CC(C)Cn1ncnc1COc1ccc2[nH]ccc2c1. The zero-order valence-electron chi connectivity index (χ0n) is 11.7. The summed E-state index contributed by atoms with van der Waals surface area (Å²) in [6.45, 7) is 5.61. The minimum Gasteiger partial charge on any atom is -0.486 e. The van der Waals surface area contributed by atoms with Crippen LogP contribution in [0, 0.1) is 5.92 Å². The van der Waals surface area contributed by atoms with Crippen LogP contribution in [0.15, 0.2) is 36.8 Å². The first kappa shape index (κ1) is 12.7. The van der Waals surface area contributed by atoms with Gasteiger partial charge < -0.3 is 9.72 Å². The second kappa shape index (κ2) is 5.36. The van der Waals surface area contributed by atoms with Gasteiger partial charge in [-0.15, -0.1) is 0 Å². The third-order valence-electron chi connectivity index (χ3n) is 3.13. The molecule has 0 radical (unpaired) electrons. The number of hydrogen-bond donors (Lipinski definition) is 1. The van der Waals surface area contributed by atoms with Crippen LogP contribution in [-0.2, 0) is 13.2 Å². The highest BCUT2D eigenvalue weighted by Gasteiger charge is 2.07. The van der Waals surface area contributed by atoms with Crippen molar-refractivity contribution in [3.05, 3.63) is 42.6 Å². The number of benzene rings is 1. The quantitative estimate of drug-likeness (QED) is 0.775. The number of ether oxygens (including phenoxy) is 1. The van der Waals surface area contributed by atoms with E-state index in [4.69, 9.17) is 4.74 Å². The van der Waals surface area contributed by atoms with Gasteiger partial charge in [0.05, 0.1) is 0 Å². The van der Waals surface area contributed by atoms with E-state index in [0.29, 0.717) is 12.5 Å². The van der Waals surface area contributed by atoms with Crippen molar-refractivity contribution < 1.29 is 4.74 Å². The average Bonchev–Trinajstić information content (AvgIpc) is 3.03. The van der Waals surface area contributed by atoms with E-state index in [0.717, 1.165) is 29.0 Å². The van der Waals surface area contributed by atoms with Crippen LogP contribution in [0.3, 0.4) is 0 Å². The summed E-state index contributed by atoms with van der Waals surface area (Å²) in [4.78, 5) is 7.42. The fourth-order valence-corrected chi connectivity index (χ4v) is 2.17. The first-order valence-electron chi connectivity index (χ1n) is 6.79. The predicted octanol–water partition coefficient (Wildman–Crippen LogP) is 2.99. The van der Waals surface area contributed by atoms with Gasteiger partial charge in [-0.25, -0.2) is 9.67 Å². The zero-order chi connectivity index (χ0) is 13.9. The second-order valence-electron chi connectivity index (χ2n) is 5.27. The molecule has 5 nitrogen and oxygen atoms in total. The molecule has 0 fully saturated rings. The van der Waals surface area contributed by atoms with Crippen molar-refractivity contribution in [3.8, 4) is 5.75 Å². The number of aromatic amines is 1. The molecule has 5 heteroatoms. The molecule has 2 heterocycles. The van der Waals surface area contributed by atoms with Gasteiger partial charge in [0.15, 0.2) is 5.82 Å². The van der Waals surface area contributed by atoms with E-state index in [1.807, 2.05) is 35.1 Å². The van der Waals surface area contributed by atoms with Gasteiger partial charge in [-0.2, -0.15) is 5.10 Å². The molecule has 1 aromatic carbocycles. The summed E-state index contributed by atoms with van der Waals surface area (Å²) in [7, 11) is 0. The first-order valence-corrected chi connectivity index (χ1v) is 6.79. The maximum Gasteiger partial charge on any atom is 0.164 e. The lowest BCUT2D eigenvalue weighted by atomic mass is 10.2. The van der Waals surface area contributed by atoms with Gasteiger partial charge in [-0.1, -0.05) is 13.8 Å². The number of nitrogens with zero attached hydrogens (tertiary/aromatic N) is 3. The normalized spacial score (nSPS) is 11.3. The van der Waals surface area contributed by atoms with Crippen LogP contribution in [0.25, 0.3) is 10.9 Å². The van der Waals surface area contributed by atoms with Crippen LogP contribution >= 0.6 is 0 Å². The molecule has 0 bridgehead atoms. The Morgan fingerprint density at radius 3 is 3.05 bits per heavy atom. The predicted molar refractivity (Wildman–Crippen MR) is 77.5 cm³/mol. The molecule has 0 spiro atoms. The molecule has 1 N–H and O–H groups in total. The fraction of sp³-hybridized carbons (Fsp3) is 0.333. The second-order valence-corrected chi connectivity index (χ2v) is 5.27. The minimum absolute atomic E-state index is 0.433. The van der Waals surface area contributed by atoms with Crippen LogP contribution in [0.5, 0.6) is 5.75 Å². The number of fused-ring (bicyclic) bond motifs is 1. The molecule has 0 unspecified atom stereocenters. The van der Waals surface area contributed by atoms with Gasteiger partial charge >= 0.3 is 0 Å². The molecule has 2 aromatic heterocycles. The first-order chi connectivity index (χ1) is 9.72. The van der Waals surface area contributed by atoms with Crippen LogP contribution in [0.1, 0.15) is 19.7 Å². The van der Waals surface area contributed by atoms with Crippen molar-refractivity contribution in [3.63, 3.8) is 0 Å². The Bertz CT molecular complexity index is 699. The van der Waals surface area contributed by atoms with Crippen molar-refractivity contribution in [1.29, 1.82) is 0 Å². The molecule has 20 heavy (non-hydrogen) atoms. The lowest BCUT2D eigenvalue weighted by Gasteiger charge is -2.09. The van der Waals surface area contributed by atoms with Crippen LogP contribution in [-0.4, -0.2) is 19.7 Å². The van der Waals surface area contributed by atoms with Crippen LogP contribution in [0.4, 0.5) is 0 Å². The van der Waals surface area contributed by atoms with Gasteiger partial charge in [0.1, 0.15) is 18.7 Å². The Labute approximate surface area is 117 Å². The van der Waals surface area contributed by atoms with Crippen molar-refractivity contribution in [2.24, 2.45) is 5.92 Å². The van der Waals surface area contributed by atoms with E-state index in [9.17, 15) is 0 Å². The number of H-pyrrole nitrogens is 1. The molecule has 3 rings (SSSR count).